The molecule has 0 saturated carbocycles. The summed E-state index contributed by atoms with van der Waals surface area (Å²) >= 11 is 0. The second-order valence-corrected chi connectivity index (χ2v) is 5.88. The molecule has 2 rings (SSSR count). The maximum Gasteiger partial charge on any atom is 0.325 e. The molecule has 2 heterocycles. The first-order chi connectivity index (χ1) is 14.0. The van der Waals surface area contributed by atoms with Gasteiger partial charge in [-0.2, -0.15) is 0 Å². The van der Waals surface area contributed by atoms with Gasteiger partial charge in [-0.15, -0.1) is 0 Å². The van der Waals surface area contributed by atoms with Crippen LogP contribution in [0.4, 0.5) is 0 Å². The van der Waals surface area contributed by atoms with Crippen LogP contribution >= 0.6 is 0 Å². The van der Waals surface area contributed by atoms with Crippen LogP contribution in [0.25, 0.3) is 0 Å². The molecule has 0 atom stereocenters. The number of hydrogen-bond acceptors (Lipinski definition) is 8. The number of imide groups is 2. The van der Waals surface area contributed by atoms with Crippen molar-refractivity contribution in [3.8, 4) is 0 Å². The van der Waals surface area contributed by atoms with Crippen LogP contribution in [-0.2, 0) is 38.4 Å². The van der Waals surface area contributed by atoms with Crippen LogP contribution in [0.3, 0.4) is 0 Å². The van der Waals surface area contributed by atoms with Gasteiger partial charge in [-0.1, -0.05) is 0 Å². The third-order valence-corrected chi connectivity index (χ3v) is 3.83. The SMILES string of the molecule is O=C(O)CN(C(=O)CN1C(=O)C=CC1=O)N(CC(=O)O)C(=O)CN1C(=O)C=CC1=O. The fourth-order valence-electron chi connectivity index (χ4n) is 2.48. The van der Waals surface area contributed by atoms with E-state index in [0.717, 1.165) is 24.3 Å². The predicted molar refractivity (Wildman–Crippen MR) is 90.4 cm³/mol. The second kappa shape index (κ2) is 8.76. The number of amides is 6. The Labute approximate surface area is 167 Å². The monoisotopic (exact) mass is 422 g/mol. The first kappa shape index (κ1) is 21.9. The molecule has 0 aromatic rings. The summed E-state index contributed by atoms with van der Waals surface area (Å²) in [4.78, 5) is 94.8. The average molecular weight is 422 g/mol. The van der Waals surface area contributed by atoms with Gasteiger partial charge in [0, 0.05) is 24.3 Å². The van der Waals surface area contributed by atoms with E-state index in [-0.39, 0.29) is 10.0 Å². The largest absolute Gasteiger partial charge is 0.480 e. The summed E-state index contributed by atoms with van der Waals surface area (Å²) in [5.41, 5.74) is 0. The van der Waals surface area contributed by atoms with E-state index >= 15 is 0 Å². The van der Waals surface area contributed by atoms with Crippen molar-refractivity contribution >= 4 is 47.4 Å². The molecule has 0 aliphatic carbocycles. The van der Waals surface area contributed by atoms with Gasteiger partial charge in [0.05, 0.1) is 0 Å². The molecule has 30 heavy (non-hydrogen) atoms. The molecule has 14 heteroatoms. The maximum absolute atomic E-state index is 12.6. The maximum atomic E-state index is 12.6. The van der Waals surface area contributed by atoms with Gasteiger partial charge in [0.25, 0.3) is 35.4 Å². The van der Waals surface area contributed by atoms with Crippen LogP contribution in [0, 0.1) is 0 Å². The number of hydrazine groups is 1. The van der Waals surface area contributed by atoms with Gasteiger partial charge in [0.1, 0.15) is 26.2 Å². The highest BCUT2D eigenvalue weighted by atomic mass is 16.4. The van der Waals surface area contributed by atoms with E-state index in [2.05, 4.69) is 0 Å². The van der Waals surface area contributed by atoms with Crippen molar-refractivity contribution in [2.24, 2.45) is 0 Å². The highest BCUT2D eigenvalue weighted by Crippen LogP contribution is 2.10. The summed E-state index contributed by atoms with van der Waals surface area (Å²) in [5.74, 6) is -9.24. The first-order valence-electron chi connectivity index (χ1n) is 8.12. The van der Waals surface area contributed by atoms with Gasteiger partial charge >= 0.3 is 11.9 Å². The van der Waals surface area contributed by atoms with E-state index in [0.29, 0.717) is 9.80 Å². The summed E-state index contributed by atoms with van der Waals surface area (Å²) in [5, 5.41) is 18.6. The van der Waals surface area contributed by atoms with Crippen molar-refractivity contribution in [1.29, 1.82) is 0 Å². The minimum absolute atomic E-state index is 0.218. The van der Waals surface area contributed by atoms with Gasteiger partial charge in [-0.3, -0.25) is 48.2 Å². The number of rotatable bonds is 8. The molecule has 2 N–H and O–H groups in total. The van der Waals surface area contributed by atoms with Crippen molar-refractivity contribution in [2.75, 3.05) is 26.2 Å². The van der Waals surface area contributed by atoms with Crippen LogP contribution in [0.5, 0.6) is 0 Å². The van der Waals surface area contributed by atoms with Crippen molar-refractivity contribution in [1.82, 2.24) is 19.8 Å². The zero-order valence-corrected chi connectivity index (χ0v) is 15.1. The van der Waals surface area contributed by atoms with Crippen molar-refractivity contribution in [3.05, 3.63) is 24.3 Å². The third-order valence-electron chi connectivity index (χ3n) is 3.83. The molecule has 0 saturated heterocycles. The fourth-order valence-corrected chi connectivity index (χ4v) is 2.48. The summed E-state index contributed by atoms with van der Waals surface area (Å²) in [6, 6.07) is 0. The van der Waals surface area contributed by atoms with E-state index in [4.69, 9.17) is 10.2 Å². The summed E-state index contributed by atoms with van der Waals surface area (Å²) < 4.78 is 0. The molecule has 2 aliphatic heterocycles. The average Bonchev–Trinajstić information content (AvgIpc) is 3.14. The zero-order valence-electron chi connectivity index (χ0n) is 15.1. The number of aliphatic carboxylic acids is 2. The molecular formula is C16H14N4O10. The van der Waals surface area contributed by atoms with Gasteiger partial charge in [0.15, 0.2) is 0 Å². The normalized spacial score (nSPS) is 15.2. The highest BCUT2D eigenvalue weighted by molar-refractivity contribution is 6.15. The van der Waals surface area contributed by atoms with E-state index in [9.17, 15) is 38.4 Å². The first-order valence-corrected chi connectivity index (χ1v) is 8.12. The fraction of sp³-hybridized carbons (Fsp3) is 0.250. The minimum atomic E-state index is -1.64. The number of nitrogens with zero attached hydrogens (tertiary/aromatic N) is 4. The molecule has 0 bridgehead atoms. The second-order valence-electron chi connectivity index (χ2n) is 5.88. The Morgan fingerprint density at radius 3 is 1.13 bits per heavy atom. The van der Waals surface area contributed by atoms with Gasteiger partial charge < -0.3 is 10.2 Å². The van der Waals surface area contributed by atoms with Crippen LogP contribution < -0.4 is 0 Å². The van der Waals surface area contributed by atoms with Crippen LogP contribution in [0.15, 0.2) is 24.3 Å². The lowest BCUT2D eigenvalue weighted by molar-refractivity contribution is -0.175. The van der Waals surface area contributed by atoms with E-state index in [1.165, 1.54) is 0 Å². The number of hydrogen-bond donors (Lipinski definition) is 2. The minimum Gasteiger partial charge on any atom is -0.480 e. The van der Waals surface area contributed by atoms with Crippen molar-refractivity contribution in [3.63, 3.8) is 0 Å². The Morgan fingerprint density at radius 1 is 0.633 bits per heavy atom. The topological polar surface area (TPSA) is 190 Å². The van der Waals surface area contributed by atoms with Gasteiger partial charge in [-0.25, -0.2) is 10.0 Å². The molecule has 158 valence electrons. The van der Waals surface area contributed by atoms with Gasteiger partial charge in [0.2, 0.25) is 0 Å². The summed E-state index contributed by atoms with van der Waals surface area (Å²) in [7, 11) is 0. The third kappa shape index (κ3) is 4.92. The Balaban J connectivity index is 2.27. The molecule has 6 amide bonds. The van der Waals surface area contributed by atoms with Crippen molar-refractivity contribution < 1.29 is 48.6 Å². The zero-order chi connectivity index (χ0) is 22.6. The molecule has 0 unspecified atom stereocenters. The smallest absolute Gasteiger partial charge is 0.325 e. The van der Waals surface area contributed by atoms with E-state index in [1.54, 1.807) is 0 Å². The molecular weight excluding hydrogens is 408 g/mol. The molecule has 0 aromatic carbocycles. The standard InChI is InChI=1S/C16H14N4O10/c21-9-1-2-10(22)17(9)5-13(25)19(7-15(27)28)20(8-16(29)30)14(26)6-18-11(23)3-4-12(18)24/h1-4H,5-8H2,(H,27,28)(H,29,30). The lowest BCUT2D eigenvalue weighted by Crippen LogP contribution is -2.58. The Kier molecular flexibility index (Phi) is 6.41. The molecule has 14 nitrogen and oxygen atoms in total. The van der Waals surface area contributed by atoms with Crippen LogP contribution in [-0.4, -0.2) is 104 Å². The predicted octanol–water partition coefficient (Wildman–Crippen LogP) is -3.42. The number of carboxylic acid groups (broad SMARTS) is 2. The molecule has 0 spiro atoms. The number of carboxylic acids is 2. The van der Waals surface area contributed by atoms with Crippen LogP contribution in [0.2, 0.25) is 0 Å². The van der Waals surface area contributed by atoms with Crippen molar-refractivity contribution in [2.45, 2.75) is 0 Å². The molecule has 2 aliphatic rings. The lowest BCUT2D eigenvalue weighted by Gasteiger charge is -2.34. The molecule has 0 fully saturated rings. The molecule has 0 radical (unpaired) electrons. The Morgan fingerprint density at radius 2 is 0.900 bits per heavy atom. The van der Waals surface area contributed by atoms with E-state index < -0.39 is 73.6 Å². The summed E-state index contributed by atoms with van der Waals surface area (Å²) in [6.07, 6.45) is 3.48. The Bertz CT molecular complexity index is 811. The molecule has 0 aromatic heterocycles. The Hall–Kier alpha value is -4.36. The quantitative estimate of drug-likeness (QED) is 0.294. The van der Waals surface area contributed by atoms with E-state index in [1.807, 2.05) is 0 Å². The van der Waals surface area contributed by atoms with Crippen LogP contribution in [0.1, 0.15) is 0 Å². The van der Waals surface area contributed by atoms with Gasteiger partial charge in [-0.05, 0) is 0 Å². The lowest BCUT2D eigenvalue weighted by atomic mass is 10.4. The number of carbonyl (C=O) groups is 8. The summed E-state index contributed by atoms with van der Waals surface area (Å²) in [6.45, 7) is -4.32. The number of carbonyl (C=O) groups excluding carboxylic acids is 6. The highest BCUT2D eigenvalue weighted by Gasteiger charge is 2.36.